The fourth-order valence-electron chi connectivity index (χ4n) is 1.86. The highest BCUT2D eigenvalue weighted by atomic mass is 79.9. The number of hydrogen-bond donors (Lipinski definition) is 2. The van der Waals surface area contributed by atoms with Crippen molar-refractivity contribution < 1.29 is 0 Å². The lowest BCUT2D eigenvalue weighted by Gasteiger charge is -2.16. The van der Waals surface area contributed by atoms with E-state index in [0.29, 0.717) is 0 Å². The van der Waals surface area contributed by atoms with Crippen LogP contribution in [0.25, 0.3) is 0 Å². The van der Waals surface area contributed by atoms with E-state index in [0.717, 1.165) is 26.5 Å². The van der Waals surface area contributed by atoms with Crippen LogP contribution in [0, 0.1) is 0 Å². The van der Waals surface area contributed by atoms with E-state index in [1.54, 1.807) is 4.68 Å². The van der Waals surface area contributed by atoms with Gasteiger partial charge in [0.05, 0.1) is 12.2 Å². The average molecular weight is 374 g/mol. The molecule has 1 aromatic heterocycles. The molecule has 2 aromatic rings. The van der Waals surface area contributed by atoms with E-state index in [1.807, 2.05) is 25.5 Å². The van der Waals surface area contributed by atoms with Gasteiger partial charge in [-0.1, -0.05) is 31.9 Å². The quantitative estimate of drug-likeness (QED) is 0.639. The van der Waals surface area contributed by atoms with Crippen LogP contribution in [0.1, 0.15) is 17.2 Å². The summed E-state index contributed by atoms with van der Waals surface area (Å²) in [6, 6.07) is 6.18. The van der Waals surface area contributed by atoms with Crippen LogP contribution in [-0.4, -0.2) is 9.78 Å². The number of aryl methyl sites for hydroxylation is 1. The molecule has 6 heteroatoms. The van der Waals surface area contributed by atoms with Crippen molar-refractivity contribution in [1.29, 1.82) is 0 Å². The average Bonchev–Trinajstić information content (AvgIpc) is 2.70. The lowest BCUT2D eigenvalue weighted by atomic mass is 10.0. The molecule has 0 fully saturated rings. The van der Waals surface area contributed by atoms with Crippen LogP contribution in [0.2, 0.25) is 0 Å². The Bertz CT molecular complexity index is 518. The third-order valence-electron chi connectivity index (χ3n) is 2.69. The van der Waals surface area contributed by atoms with Gasteiger partial charge in [0.2, 0.25) is 0 Å². The van der Waals surface area contributed by atoms with Crippen molar-refractivity contribution >= 4 is 31.9 Å². The first-order valence-corrected chi connectivity index (χ1v) is 7.06. The summed E-state index contributed by atoms with van der Waals surface area (Å²) in [7, 11) is 1.91. The van der Waals surface area contributed by atoms with E-state index >= 15 is 0 Å². The Hall–Kier alpha value is -0.690. The lowest BCUT2D eigenvalue weighted by molar-refractivity contribution is 0.551. The second-order valence-corrected chi connectivity index (χ2v) is 5.98. The van der Waals surface area contributed by atoms with Gasteiger partial charge >= 0.3 is 0 Å². The van der Waals surface area contributed by atoms with Crippen LogP contribution in [0.3, 0.4) is 0 Å². The largest absolute Gasteiger partial charge is 0.276 e. The summed E-state index contributed by atoms with van der Waals surface area (Å²) in [6.45, 7) is 0. The molecule has 2 rings (SSSR count). The minimum atomic E-state index is 0.0583. The summed E-state index contributed by atoms with van der Waals surface area (Å²) in [5.41, 5.74) is 5.13. The number of nitrogens with two attached hydrogens (primary N) is 1. The van der Waals surface area contributed by atoms with Crippen LogP contribution in [0.4, 0.5) is 0 Å². The van der Waals surface area contributed by atoms with Gasteiger partial charge in [-0.3, -0.25) is 16.0 Å². The van der Waals surface area contributed by atoms with Crippen molar-refractivity contribution in [1.82, 2.24) is 15.2 Å². The highest BCUT2D eigenvalue weighted by molar-refractivity contribution is 9.11. The van der Waals surface area contributed by atoms with Crippen LogP contribution >= 0.6 is 31.9 Å². The standard InChI is InChI=1S/C12H14Br2N4/c1-18-7-8(6-16-18)2-12(17-15)9-3-10(13)5-11(14)4-9/h3-7,12,17H,2,15H2,1H3. The van der Waals surface area contributed by atoms with E-state index in [2.05, 4.69) is 54.5 Å². The number of nitrogens with one attached hydrogen (secondary N) is 1. The van der Waals surface area contributed by atoms with Crippen molar-refractivity contribution in [3.05, 3.63) is 50.7 Å². The molecule has 0 saturated heterocycles. The Morgan fingerprint density at radius 3 is 2.50 bits per heavy atom. The number of halogens is 2. The van der Waals surface area contributed by atoms with Crippen LogP contribution in [0.15, 0.2) is 39.5 Å². The molecule has 0 saturated carbocycles. The van der Waals surface area contributed by atoms with Gasteiger partial charge in [-0.15, -0.1) is 0 Å². The van der Waals surface area contributed by atoms with Gasteiger partial charge in [-0.05, 0) is 35.7 Å². The molecule has 0 bridgehead atoms. The Kier molecular flexibility index (Phi) is 4.55. The van der Waals surface area contributed by atoms with Gasteiger partial charge in [-0.2, -0.15) is 5.10 Å². The summed E-state index contributed by atoms with van der Waals surface area (Å²) in [6.07, 6.45) is 4.65. The molecule has 1 aromatic carbocycles. The fraction of sp³-hybridized carbons (Fsp3) is 0.250. The van der Waals surface area contributed by atoms with Gasteiger partial charge in [-0.25, -0.2) is 0 Å². The molecule has 18 heavy (non-hydrogen) atoms. The molecule has 3 N–H and O–H groups in total. The number of rotatable bonds is 4. The maximum absolute atomic E-state index is 5.65. The van der Waals surface area contributed by atoms with Crippen molar-refractivity contribution in [2.45, 2.75) is 12.5 Å². The summed E-state index contributed by atoms with van der Waals surface area (Å²) >= 11 is 6.97. The second-order valence-electron chi connectivity index (χ2n) is 4.15. The molecule has 0 radical (unpaired) electrons. The Morgan fingerprint density at radius 2 is 2.00 bits per heavy atom. The van der Waals surface area contributed by atoms with E-state index in [-0.39, 0.29) is 6.04 Å². The van der Waals surface area contributed by atoms with Gasteiger partial charge in [0.15, 0.2) is 0 Å². The van der Waals surface area contributed by atoms with Crippen molar-refractivity contribution in [2.24, 2.45) is 12.9 Å². The molecule has 96 valence electrons. The molecule has 1 atom stereocenters. The zero-order valence-corrected chi connectivity index (χ0v) is 13.1. The Morgan fingerprint density at radius 1 is 1.33 bits per heavy atom. The Balaban J connectivity index is 2.22. The maximum Gasteiger partial charge on any atom is 0.0522 e. The van der Waals surface area contributed by atoms with Gasteiger partial charge in [0.1, 0.15) is 0 Å². The molecule has 0 spiro atoms. The molecular formula is C12H14Br2N4. The van der Waals surface area contributed by atoms with Crippen LogP contribution in [0.5, 0.6) is 0 Å². The SMILES string of the molecule is Cn1cc(CC(NN)c2cc(Br)cc(Br)c2)cn1. The number of benzene rings is 1. The minimum Gasteiger partial charge on any atom is -0.276 e. The molecule has 0 aliphatic rings. The van der Waals surface area contributed by atoms with Gasteiger partial charge in [0.25, 0.3) is 0 Å². The first-order chi connectivity index (χ1) is 8.58. The smallest absolute Gasteiger partial charge is 0.0522 e. The Labute approximate surface area is 123 Å². The zero-order valence-electron chi connectivity index (χ0n) is 9.90. The number of nitrogens with zero attached hydrogens (tertiary/aromatic N) is 2. The monoisotopic (exact) mass is 372 g/mol. The molecular weight excluding hydrogens is 360 g/mol. The van der Waals surface area contributed by atoms with Crippen molar-refractivity contribution in [3.63, 3.8) is 0 Å². The molecule has 0 aliphatic heterocycles. The summed E-state index contributed by atoms with van der Waals surface area (Å²) in [5, 5.41) is 4.16. The predicted octanol–water partition coefficient (Wildman–Crippen LogP) is 2.69. The minimum absolute atomic E-state index is 0.0583. The summed E-state index contributed by atoms with van der Waals surface area (Å²) in [4.78, 5) is 0. The lowest BCUT2D eigenvalue weighted by Crippen LogP contribution is -2.29. The van der Waals surface area contributed by atoms with E-state index in [1.165, 1.54) is 0 Å². The van der Waals surface area contributed by atoms with E-state index in [9.17, 15) is 0 Å². The van der Waals surface area contributed by atoms with E-state index < -0.39 is 0 Å². The highest BCUT2D eigenvalue weighted by Gasteiger charge is 2.12. The van der Waals surface area contributed by atoms with Crippen molar-refractivity contribution in [3.8, 4) is 0 Å². The zero-order chi connectivity index (χ0) is 13.1. The highest BCUT2D eigenvalue weighted by Crippen LogP contribution is 2.25. The molecule has 0 aliphatic carbocycles. The summed E-state index contributed by atoms with van der Waals surface area (Å²) in [5.74, 6) is 5.65. The summed E-state index contributed by atoms with van der Waals surface area (Å²) < 4.78 is 3.84. The number of aromatic nitrogens is 2. The van der Waals surface area contributed by atoms with Crippen molar-refractivity contribution in [2.75, 3.05) is 0 Å². The van der Waals surface area contributed by atoms with Crippen LogP contribution in [-0.2, 0) is 13.5 Å². The molecule has 0 amide bonds. The maximum atomic E-state index is 5.65. The topological polar surface area (TPSA) is 55.9 Å². The second kappa shape index (κ2) is 5.97. The third kappa shape index (κ3) is 3.41. The first kappa shape index (κ1) is 13.7. The third-order valence-corrected chi connectivity index (χ3v) is 3.60. The van der Waals surface area contributed by atoms with Gasteiger partial charge < -0.3 is 0 Å². The predicted molar refractivity (Wildman–Crippen MR) is 78.8 cm³/mol. The molecule has 4 nitrogen and oxygen atoms in total. The van der Waals surface area contributed by atoms with Crippen LogP contribution < -0.4 is 11.3 Å². The number of hydrogen-bond acceptors (Lipinski definition) is 3. The van der Waals surface area contributed by atoms with E-state index in [4.69, 9.17) is 5.84 Å². The first-order valence-electron chi connectivity index (χ1n) is 5.48. The molecule has 1 unspecified atom stereocenters. The molecule has 1 heterocycles. The number of hydrazine groups is 1. The van der Waals surface area contributed by atoms with Gasteiger partial charge in [0, 0.05) is 22.2 Å². The normalized spacial score (nSPS) is 12.7. The fourth-order valence-corrected chi connectivity index (χ4v) is 3.19.